The number of nitrogens with zero attached hydrogens (tertiary/aromatic N) is 1. The molecule has 2 aromatic rings. The van der Waals surface area contributed by atoms with Crippen LogP contribution in [0, 0.1) is 11.7 Å². The normalized spacial score (nSPS) is 16.4. The molecule has 3 rings (SSSR count). The lowest BCUT2D eigenvalue weighted by Gasteiger charge is -2.26. The van der Waals surface area contributed by atoms with E-state index in [4.69, 9.17) is 15.2 Å². The monoisotopic (exact) mass is 365 g/mol. The Kier molecular flexibility index (Phi) is 5.62. The number of methoxy groups -OCH3 is 1. The maximum atomic E-state index is 13.5. The summed E-state index contributed by atoms with van der Waals surface area (Å²) in [4.78, 5) is 16.7. The molecule has 0 aliphatic carbocycles. The first-order chi connectivity index (χ1) is 12.1. The van der Waals surface area contributed by atoms with Crippen LogP contribution in [0.5, 0.6) is 5.75 Å². The van der Waals surface area contributed by atoms with Gasteiger partial charge in [-0.05, 0) is 37.0 Å². The zero-order valence-electron chi connectivity index (χ0n) is 13.8. The first kappa shape index (κ1) is 17.8. The van der Waals surface area contributed by atoms with E-state index < -0.39 is 6.04 Å². The third-order valence-corrected chi connectivity index (χ3v) is 5.01. The number of aromatic nitrogens is 1. The minimum Gasteiger partial charge on any atom is -0.496 e. The molecule has 0 saturated carbocycles. The molecule has 8 heteroatoms. The van der Waals surface area contributed by atoms with Gasteiger partial charge in [0.1, 0.15) is 11.6 Å². The molecule has 134 valence electrons. The van der Waals surface area contributed by atoms with Crippen molar-refractivity contribution < 1.29 is 18.7 Å². The molecule has 1 amide bonds. The van der Waals surface area contributed by atoms with Gasteiger partial charge in [0.2, 0.25) is 5.91 Å². The lowest BCUT2D eigenvalue weighted by Crippen LogP contribution is -2.43. The number of nitrogens with one attached hydrogen (secondary N) is 1. The average Bonchev–Trinajstić information content (AvgIpc) is 3.10. The summed E-state index contributed by atoms with van der Waals surface area (Å²) >= 11 is 1.26. The van der Waals surface area contributed by atoms with Crippen molar-refractivity contribution in [3.05, 3.63) is 29.4 Å². The molecule has 2 heterocycles. The molecular weight excluding hydrogens is 345 g/mol. The average molecular weight is 365 g/mol. The summed E-state index contributed by atoms with van der Waals surface area (Å²) in [7, 11) is 1.51. The minimum atomic E-state index is -0.597. The second-order valence-electron chi connectivity index (χ2n) is 5.85. The second kappa shape index (κ2) is 7.90. The molecule has 6 nitrogen and oxygen atoms in total. The van der Waals surface area contributed by atoms with Crippen LogP contribution < -0.4 is 15.8 Å². The van der Waals surface area contributed by atoms with Gasteiger partial charge in [-0.3, -0.25) is 4.79 Å². The van der Waals surface area contributed by atoms with E-state index in [1.165, 1.54) is 30.6 Å². The van der Waals surface area contributed by atoms with Crippen molar-refractivity contribution in [3.63, 3.8) is 0 Å². The third-order valence-electron chi connectivity index (χ3n) is 4.25. The molecule has 1 aromatic carbocycles. The summed E-state index contributed by atoms with van der Waals surface area (Å²) in [6.45, 7) is 1.26. The Morgan fingerprint density at radius 2 is 2.24 bits per heavy atom. The summed E-state index contributed by atoms with van der Waals surface area (Å²) < 4.78 is 24.1. The smallest absolute Gasteiger partial charge is 0.243 e. The van der Waals surface area contributed by atoms with Crippen LogP contribution >= 0.6 is 11.3 Å². The largest absolute Gasteiger partial charge is 0.496 e. The number of anilines is 1. The highest BCUT2D eigenvalue weighted by atomic mass is 32.1. The molecule has 0 spiro atoms. The number of rotatable bonds is 5. The van der Waals surface area contributed by atoms with Gasteiger partial charge >= 0.3 is 0 Å². The number of nitrogens with two attached hydrogens (primary N) is 1. The number of hydrogen-bond donors (Lipinski definition) is 2. The Hall–Kier alpha value is -2.03. The minimum absolute atomic E-state index is 0.108. The van der Waals surface area contributed by atoms with Gasteiger partial charge < -0.3 is 20.5 Å². The molecule has 1 aliphatic heterocycles. The molecule has 25 heavy (non-hydrogen) atoms. The van der Waals surface area contributed by atoms with Crippen molar-refractivity contribution in [1.29, 1.82) is 0 Å². The van der Waals surface area contributed by atoms with E-state index in [1.54, 1.807) is 11.4 Å². The molecule has 0 radical (unpaired) electrons. The maximum absolute atomic E-state index is 13.5. The van der Waals surface area contributed by atoms with Crippen LogP contribution in [0.4, 0.5) is 9.52 Å². The molecule has 0 bridgehead atoms. The molecule has 1 aliphatic rings. The molecule has 1 saturated heterocycles. The Bertz CT molecular complexity index is 746. The number of ether oxygens (including phenoxy) is 2. The summed E-state index contributed by atoms with van der Waals surface area (Å²) in [5.41, 5.74) is 7.14. The zero-order valence-corrected chi connectivity index (χ0v) is 14.6. The molecule has 3 N–H and O–H groups in total. The molecule has 1 atom stereocenters. The quantitative estimate of drug-likeness (QED) is 0.851. The van der Waals surface area contributed by atoms with Crippen molar-refractivity contribution >= 4 is 22.4 Å². The van der Waals surface area contributed by atoms with E-state index in [2.05, 4.69) is 10.3 Å². The standard InChI is InChI=1S/C17H20FN3O3S/c1-23-14-3-2-11(18)8-12(14)13-9-25-17(20-13)21-16(22)15(19)10-4-6-24-7-5-10/h2-3,8-10,15H,4-7,19H2,1H3,(H,20,21,22). The highest BCUT2D eigenvalue weighted by Crippen LogP contribution is 2.33. The number of thiazole rings is 1. The first-order valence-electron chi connectivity index (χ1n) is 8.02. The lowest BCUT2D eigenvalue weighted by atomic mass is 9.92. The Morgan fingerprint density at radius 3 is 2.96 bits per heavy atom. The van der Waals surface area contributed by atoms with Crippen molar-refractivity contribution in [1.82, 2.24) is 4.98 Å². The molecule has 1 aromatic heterocycles. The second-order valence-corrected chi connectivity index (χ2v) is 6.71. The fourth-order valence-corrected chi connectivity index (χ4v) is 3.53. The van der Waals surface area contributed by atoms with E-state index in [0.29, 0.717) is 35.4 Å². The van der Waals surface area contributed by atoms with Gasteiger partial charge in [-0.1, -0.05) is 0 Å². The van der Waals surface area contributed by atoms with E-state index >= 15 is 0 Å². The fourth-order valence-electron chi connectivity index (χ4n) is 2.81. The predicted molar refractivity (Wildman–Crippen MR) is 94.2 cm³/mol. The van der Waals surface area contributed by atoms with Gasteiger partial charge in [-0.25, -0.2) is 9.37 Å². The van der Waals surface area contributed by atoms with Crippen molar-refractivity contribution in [2.24, 2.45) is 11.7 Å². The number of halogens is 1. The number of amides is 1. The summed E-state index contributed by atoms with van der Waals surface area (Å²) in [6, 6.07) is 3.63. The number of carbonyl (C=O) groups is 1. The number of benzene rings is 1. The Labute approximate surface area is 149 Å². The number of hydrogen-bond acceptors (Lipinski definition) is 6. The topological polar surface area (TPSA) is 86.5 Å². The SMILES string of the molecule is COc1ccc(F)cc1-c1csc(NC(=O)C(N)C2CCOCC2)n1. The molecule has 1 fully saturated rings. The van der Waals surface area contributed by atoms with Gasteiger partial charge in [-0.2, -0.15) is 0 Å². The van der Waals surface area contributed by atoms with Crippen molar-refractivity contribution in [2.75, 3.05) is 25.6 Å². The zero-order chi connectivity index (χ0) is 17.8. The highest BCUT2D eigenvalue weighted by molar-refractivity contribution is 7.14. The van der Waals surface area contributed by atoms with E-state index in [1.807, 2.05) is 0 Å². The van der Waals surface area contributed by atoms with Gasteiger partial charge in [0.25, 0.3) is 0 Å². The van der Waals surface area contributed by atoms with Crippen molar-refractivity contribution in [3.8, 4) is 17.0 Å². The highest BCUT2D eigenvalue weighted by Gasteiger charge is 2.27. The third kappa shape index (κ3) is 4.15. The fraction of sp³-hybridized carbons (Fsp3) is 0.412. The van der Waals surface area contributed by atoms with Gasteiger partial charge in [-0.15, -0.1) is 11.3 Å². The van der Waals surface area contributed by atoms with Crippen LogP contribution in [0.2, 0.25) is 0 Å². The van der Waals surface area contributed by atoms with Crippen LogP contribution in [0.15, 0.2) is 23.6 Å². The summed E-state index contributed by atoms with van der Waals surface area (Å²) in [5.74, 6) is -0.0186. The Balaban J connectivity index is 1.71. The van der Waals surface area contributed by atoms with Crippen LogP contribution in [-0.2, 0) is 9.53 Å². The summed E-state index contributed by atoms with van der Waals surface area (Å²) in [5, 5.41) is 4.92. The Morgan fingerprint density at radius 1 is 1.48 bits per heavy atom. The van der Waals surface area contributed by atoms with Crippen LogP contribution in [0.1, 0.15) is 12.8 Å². The van der Waals surface area contributed by atoms with Crippen LogP contribution in [0.25, 0.3) is 11.3 Å². The van der Waals surface area contributed by atoms with E-state index in [9.17, 15) is 9.18 Å². The molecular formula is C17H20FN3O3S. The van der Waals surface area contributed by atoms with Gasteiger partial charge in [0.15, 0.2) is 5.13 Å². The van der Waals surface area contributed by atoms with E-state index in [-0.39, 0.29) is 17.6 Å². The van der Waals surface area contributed by atoms with Crippen LogP contribution in [-0.4, -0.2) is 37.3 Å². The van der Waals surface area contributed by atoms with Crippen LogP contribution in [0.3, 0.4) is 0 Å². The van der Waals surface area contributed by atoms with Gasteiger partial charge in [0, 0.05) is 24.2 Å². The predicted octanol–water partition coefficient (Wildman–Crippen LogP) is 2.65. The number of carbonyl (C=O) groups excluding carboxylic acids is 1. The van der Waals surface area contributed by atoms with Crippen molar-refractivity contribution in [2.45, 2.75) is 18.9 Å². The molecule has 1 unspecified atom stereocenters. The lowest BCUT2D eigenvalue weighted by molar-refractivity contribution is -0.119. The summed E-state index contributed by atoms with van der Waals surface area (Å²) in [6.07, 6.45) is 1.55. The van der Waals surface area contributed by atoms with Gasteiger partial charge in [0.05, 0.1) is 18.8 Å². The van der Waals surface area contributed by atoms with E-state index in [0.717, 1.165) is 12.8 Å². The first-order valence-corrected chi connectivity index (χ1v) is 8.90. The maximum Gasteiger partial charge on any atom is 0.243 e.